The van der Waals surface area contributed by atoms with Gasteiger partial charge in [0.05, 0.1) is 0 Å². The Kier molecular flexibility index (Phi) is 4.22. The molecule has 2 aromatic carbocycles. The fourth-order valence-corrected chi connectivity index (χ4v) is 2.31. The fraction of sp³-hybridized carbons (Fsp3) is 0.133. The first-order valence-electron chi connectivity index (χ1n) is 5.95. The lowest BCUT2D eigenvalue weighted by molar-refractivity contribution is -0.118. The minimum Gasteiger partial charge on any atom is -0.370 e. The Hall–Kier alpha value is -1.81. The highest BCUT2D eigenvalue weighted by atomic mass is 79.9. The van der Waals surface area contributed by atoms with Crippen molar-refractivity contribution in [1.82, 2.24) is 0 Å². The lowest BCUT2D eigenvalue weighted by Crippen LogP contribution is -2.28. The lowest BCUT2D eigenvalue weighted by Gasteiger charge is -2.18. The van der Waals surface area contributed by atoms with E-state index in [2.05, 4.69) is 21.2 Å². The number of hydrogen-bond acceptors (Lipinski definition) is 2. The summed E-state index contributed by atoms with van der Waals surface area (Å²) < 4.78 is 0.919. The fourth-order valence-electron chi connectivity index (χ4n) is 1.90. The summed E-state index contributed by atoms with van der Waals surface area (Å²) in [7, 11) is 0. The molecule has 0 bridgehead atoms. The van der Waals surface area contributed by atoms with Crippen LogP contribution in [-0.2, 0) is 4.79 Å². The van der Waals surface area contributed by atoms with E-state index >= 15 is 0 Å². The molecule has 2 rings (SSSR count). The molecule has 0 heterocycles. The highest BCUT2D eigenvalue weighted by Crippen LogP contribution is 2.24. The highest BCUT2D eigenvalue weighted by Gasteiger charge is 2.18. The first-order chi connectivity index (χ1) is 9.08. The number of primary amides is 1. The van der Waals surface area contributed by atoms with Gasteiger partial charge < -0.3 is 11.1 Å². The quantitative estimate of drug-likeness (QED) is 0.907. The largest absolute Gasteiger partial charge is 0.370 e. The van der Waals surface area contributed by atoms with Crippen LogP contribution in [0, 0.1) is 6.92 Å². The maximum Gasteiger partial charge on any atom is 0.244 e. The summed E-state index contributed by atoms with van der Waals surface area (Å²) in [6.07, 6.45) is 0. The van der Waals surface area contributed by atoms with Gasteiger partial charge in [-0.25, -0.2) is 0 Å². The van der Waals surface area contributed by atoms with Gasteiger partial charge >= 0.3 is 0 Å². The van der Waals surface area contributed by atoms with Gasteiger partial charge in [0.2, 0.25) is 5.91 Å². The maximum atomic E-state index is 11.7. The molecule has 3 nitrogen and oxygen atoms in total. The number of carbonyl (C=O) groups excluding carboxylic acids is 1. The van der Waals surface area contributed by atoms with Gasteiger partial charge in [-0.15, -0.1) is 0 Å². The number of aryl methyl sites for hydroxylation is 1. The van der Waals surface area contributed by atoms with Crippen LogP contribution in [0.25, 0.3) is 0 Å². The second-order valence-electron chi connectivity index (χ2n) is 4.35. The van der Waals surface area contributed by atoms with Crippen molar-refractivity contribution in [1.29, 1.82) is 0 Å². The van der Waals surface area contributed by atoms with Crippen LogP contribution in [0.1, 0.15) is 17.2 Å². The molecule has 0 spiro atoms. The van der Waals surface area contributed by atoms with Gasteiger partial charge in [0, 0.05) is 10.2 Å². The molecule has 0 fully saturated rings. The number of amides is 1. The average molecular weight is 319 g/mol. The van der Waals surface area contributed by atoms with Crippen LogP contribution in [0.2, 0.25) is 0 Å². The van der Waals surface area contributed by atoms with E-state index in [0.29, 0.717) is 0 Å². The standard InChI is InChI=1S/C15H15BrN2O/c1-10-5-2-3-8-13(10)18-14(15(17)19)11-6-4-7-12(16)9-11/h2-9,14,18H,1H3,(H2,17,19). The molecule has 98 valence electrons. The van der Waals surface area contributed by atoms with Crippen LogP contribution < -0.4 is 11.1 Å². The van der Waals surface area contributed by atoms with Crippen LogP contribution >= 0.6 is 15.9 Å². The van der Waals surface area contributed by atoms with E-state index in [1.54, 1.807) is 0 Å². The summed E-state index contributed by atoms with van der Waals surface area (Å²) in [4.78, 5) is 11.7. The van der Waals surface area contributed by atoms with E-state index in [0.717, 1.165) is 21.3 Å². The third-order valence-electron chi connectivity index (χ3n) is 2.91. The molecule has 1 atom stereocenters. The molecule has 3 N–H and O–H groups in total. The van der Waals surface area contributed by atoms with Crippen LogP contribution in [0.5, 0.6) is 0 Å². The molecule has 4 heteroatoms. The Morgan fingerprint density at radius 2 is 1.95 bits per heavy atom. The molecule has 0 saturated carbocycles. The predicted octanol–water partition coefficient (Wildman–Crippen LogP) is 3.40. The molecule has 1 unspecified atom stereocenters. The average Bonchev–Trinajstić information content (AvgIpc) is 2.37. The number of hydrogen-bond donors (Lipinski definition) is 2. The number of benzene rings is 2. The highest BCUT2D eigenvalue weighted by molar-refractivity contribution is 9.10. The number of nitrogens with two attached hydrogens (primary N) is 1. The van der Waals surface area contributed by atoms with Crippen LogP contribution in [0.3, 0.4) is 0 Å². The second-order valence-corrected chi connectivity index (χ2v) is 5.27. The van der Waals surface area contributed by atoms with E-state index < -0.39 is 11.9 Å². The summed E-state index contributed by atoms with van der Waals surface area (Å²) >= 11 is 3.40. The summed E-state index contributed by atoms with van der Waals surface area (Å²) in [6, 6.07) is 14.8. The minimum absolute atomic E-state index is 0.402. The van der Waals surface area contributed by atoms with Crippen LogP contribution in [0.4, 0.5) is 5.69 Å². The van der Waals surface area contributed by atoms with Crippen LogP contribution in [0.15, 0.2) is 53.0 Å². The number of anilines is 1. The van der Waals surface area contributed by atoms with E-state index in [4.69, 9.17) is 5.73 Å². The molecule has 0 saturated heterocycles. The van der Waals surface area contributed by atoms with Gasteiger partial charge in [-0.2, -0.15) is 0 Å². The van der Waals surface area contributed by atoms with Gasteiger partial charge in [-0.3, -0.25) is 4.79 Å². The second kappa shape index (κ2) is 5.89. The van der Waals surface area contributed by atoms with Crippen molar-refractivity contribution >= 4 is 27.5 Å². The van der Waals surface area contributed by atoms with Gasteiger partial charge in [-0.1, -0.05) is 46.3 Å². The predicted molar refractivity (Wildman–Crippen MR) is 80.9 cm³/mol. The minimum atomic E-state index is -0.543. The number of halogens is 1. The molecule has 2 aromatic rings. The number of para-hydroxylation sites is 1. The van der Waals surface area contributed by atoms with E-state index in [9.17, 15) is 4.79 Å². The van der Waals surface area contributed by atoms with E-state index in [1.807, 2.05) is 55.5 Å². The SMILES string of the molecule is Cc1ccccc1NC(C(N)=O)c1cccc(Br)c1. The van der Waals surface area contributed by atoms with E-state index in [1.165, 1.54) is 0 Å². The lowest BCUT2D eigenvalue weighted by atomic mass is 10.1. The number of rotatable bonds is 4. The summed E-state index contributed by atoms with van der Waals surface area (Å²) in [6.45, 7) is 1.99. The summed E-state index contributed by atoms with van der Waals surface area (Å²) in [5, 5.41) is 3.19. The Bertz CT molecular complexity index is 598. The van der Waals surface area contributed by atoms with Crippen LogP contribution in [-0.4, -0.2) is 5.91 Å². The number of nitrogens with one attached hydrogen (secondary N) is 1. The molecular formula is C15H15BrN2O. The molecular weight excluding hydrogens is 304 g/mol. The van der Waals surface area contributed by atoms with Gasteiger partial charge in [0.25, 0.3) is 0 Å². The first-order valence-corrected chi connectivity index (χ1v) is 6.74. The molecule has 19 heavy (non-hydrogen) atoms. The zero-order chi connectivity index (χ0) is 13.8. The zero-order valence-electron chi connectivity index (χ0n) is 10.6. The topological polar surface area (TPSA) is 55.1 Å². The summed E-state index contributed by atoms with van der Waals surface area (Å²) in [5.74, 6) is -0.402. The molecule has 0 aromatic heterocycles. The van der Waals surface area contributed by atoms with Crippen molar-refractivity contribution in [2.45, 2.75) is 13.0 Å². The molecule has 1 amide bonds. The van der Waals surface area contributed by atoms with Gasteiger partial charge in [0.15, 0.2) is 0 Å². The van der Waals surface area contributed by atoms with Gasteiger partial charge in [0.1, 0.15) is 6.04 Å². The maximum absolute atomic E-state index is 11.7. The molecule has 0 aliphatic carbocycles. The number of carbonyl (C=O) groups is 1. The third-order valence-corrected chi connectivity index (χ3v) is 3.40. The van der Waals surface area contributed by atoms with Crippen molar-refractivity contribution in [2.75, 3.05) is 5.32 Å². The van der Waals surface area contributed by atoms with Crippen molar-refractivity contribution in [3.8, 4) is 0 Å². The molecule has 0 radical (unpaired) electrons. The Morgan fingerprint density at radius 3 is 2.58 bits per heavy atom. The Labute approximate surface area is 121 Å². The monoisotopic (exact) mass is 318 g/mol. The van der Waals surface area contributed by atoms with Crippen molar-refractivity contribution in [3.05, 3.63) is 64.1 Å². The summed E-state index contributed by atoms with van der Waals surface area (Å²) in [5.41, 5.74) is 8.32. The first kappa shape index (κ1) is 13.6. The Balaban J connectivity index is 2.32. The zero-order valence-corrected chi connectivity index (χ0v) is 12.1. The molecule has 0 aliphatic rings. The third kappa shape index (κ3) is 3.35. The molecule has 0 aliphatic heterocycles. The van der Waals surface area contributed by atoms with Gasteiger partial charge in [-0.05, 0) is 36.2 Å². The van der Waals surface area contributed by atoms with Crippen molar-refractivity contribution in [3.63, 3.8) is 0 Å². The van der Waals surface area contributed by atoms with Crippen molar-refractivity contribution in [2.24, 2.45) is 5.73 Å². The van der Waals surface area contributed by atoms with Crippen molar-refractivity contribution < 1.29 is 4.79 Å². The normalized spacial score (nSPS) is 11.9. The smallest absolute Gasteiger partial charge is 0.244 e. The Morgan fingerprint density at radius 1 is 1.21 bits per heavy atom. The van der Waals surface area contributed by atoms with E-state index in [-0.39, 0.29) is 0 Å².